The summed E-state index contributed by atoms with van der Waals surface area (Å²) < 4.78 is 41.5. The predicted molar refractivity (Wildman–Crippen MR) is 115 cm³/mol. The number of ether oxygens (including phenoxy) is 3. The minimum absolute atomic E-state index is 0.0510. The molecule has 176 valence electrons. The zero-order valence-electron chi connectivity index (χ0n) is 17.9. The maximum Gasteiger partial charge on any atom is 0.338 e. The number of hydrogen-bond donors (Lipinski definition) is 2. The number of rotatable bonds is 7. The lowest BCUT2D eigenvalue weighted by atomic mass is 10.2. The first-order chi connectivity index (χ1) is 15.7. The Hall–Kier alpha value is -3.64. The summed E-state index contributed by atoms with van der Waals surface area (Å²) in [6.45, 7) is -0.417. The molecule has 1 unspecified atom stereocenters. The van der Waals surface area contributed by atoms with Crippen molar-refractivity contribution in [3.63, 3.8) is 0 Å². The number of nitrogens with one attached hydrogen (secondary N) is 2. The number of urea groups is 1. The van der Waals surface area contributed by atoms with E-state index in [2.05, 4.69) is 5.32 Å². The van der Waals surface area contributed by atoms with Gasteiger partial charge in [0.05, 0.1) is 17.0 Å². The topological polar surface area (TPSA) is 140 Å². The largest absolute Gasteiger partial charge is 0.486 e. The van der Waals surface area contributed by atoms with Gasteiger partial charge < -0.3 is 19.5 Å². The van der Waals surface area contributed by atoms with Crippen molar-refractivity contribution < 1.29 is 37.0 Å². The zero-order valence-corrected chi connectivity index (χ0v) is 18.8. The van der Waals surface area contributed by atoms with Crippen LogP contribution in [0.25, 0.3) is 0 Å². The molecule has 0 bridgehead atoms. The third-order valence-corrected chi connectivity index (χ3v) is 6.30. The van der Waals surface area contributed by atoms with Gasteiger partial charge in [0.15, 0.2) is 24.2 Å². The van der Waals surface area contributed by atoms with Crippen molar-refractivity contribution in [2.45, 2.75) is 11.0 Å². The highest BCUT2D eigenvalue weighted by atomic mass is 32.2. The van der Waals surface area contributed by atoms with Gasteiger partial charge in [-0.15, -0.1) is 0 Å². The highest BCUT2D eigenvalue weighted by Crippen LogP contribution is 2.30. The average molecular weight is 477 g/mol. The van der Waals surface area contributed by atoms with Crippen molar-refractivity contribution in [1.29, 1.82) is 0 Å². The van der Waals surface area contributed by atoms with Gasteiger partial charge in [0.25, 0.3) is 5.91 Å². The van der Waals surface area contributed by atoms with E-state index >= 15 is 0 Å². The minimum atomic E-state index is -3.74. The molecule has 1 atom stereocenters. The first kappa shape index (κ1) is 24.0. The standard InChI is InChI=1S/C21H23N3O8S/c1-24(2)33(28,29)16-7-5-6-14(10-16)20(26)31-13-19(25)23-21(27)22-11-15-12-30-17-8-3-4-9-18(17)32-15/h3-10,15H,11-13H2,1-2H3,(H2,22,23,25,27). The molecule has 33 heavy (non-hydrogen) atoms. The van der Waals surface area contributed by atoms with Crippen LogP contribution in [-0.2, 0) is 19.6 Å². The van der Waals surface area contributed by atoms with Gasteiger partial charge >= 0.3 is 12.0 Å². The van der Waals surface area contributed by atoms with Gasteiger partial charge in [0.2, 0.25) is 10.0 Å². The summed E-state index contributed by atoms with van der Waals surface area (Å²) in [5.41, 5.74) is -0.0510. The monoisotopic (exact) mass is 477 g/mol. The normalized spacial score (nSPS) is 14.9. The fourth-order valence-electron chi connectivity index (χ4n) is 2.79. The number of benzene rings is 2. The number of sulfonamides is 1. The van der Waals surface area contributed by atoms with E-state index in [1.54, 1.807) is 18.2 Å². The van der Waals surface area contributed by atoms with Crippen molar-refractivity contribution in [2.75, 3.05) is 33.9 Å². The molecule has 0 saturated carbocycles. The quantitative estimate of drug-likeness (QED) is 0.557. The van der Waals surface area contributed by atoms with Crippen LogP contribution in [0.1, 0.15) is 10.4 Å². The third-order valence-electron chi connectivity index (χ3n) is 4.49. The maximum atomic E-state index is 12.2. The number of carbonyl (C=O) groups is 3. The molecule has 0 fully saturated rings. The number of esters is 1. The lowest BCUT2D eigenvalue weighted by Gasteiger charge is -2.26. The Morgan fingerprint density at radius 3 is 2.55 bits per heavy atom. The number of hydrogen-bond acceptors (Lipinski definition) is 8. The summed E-state index contributed by atoms with van der Waals surface area (Å²) in [7, 11) is -1.01. The van der Waals surface area contributed by atoms with Crippen LogP contribution < -0.4 is 20.1 Å². The molecule has 1 heterocycles. The summed E-state index contributed by atoms with van der Waals surface area (Å²) in [5.74, 6) is -0.599. The molecule has 2 aromatic carbocycles. The van der Waals surface area contributed by atoms with Crippen molar-refractivity contribution in [1.82, 2.24) is 14.9 Å². The zero-order chi connectivity index (χ0) is 24.0. The van der Waals surface area contributed by atoms with Gasteiger partial charge in [-0.25, -0.2) is 22.3 Å². The summed E-state index contributed by atoms with van der Waals surface area (Å²) in [6.07, 6.45) is -0.440. The molecule has 12 heteroatoms. The minimum Gasteiger partial charge on any atom is -0.486 e. The van der Waals surface area contributed by atoms with Crippen molar-refractivity contribution >= 4 is 27.9 Å². The molecule has 2 aromatic rings. The Kier molecular flexibility index (Phi) is 7.51. The highest BCUT2D eigenvalue weighted by molar-refractivity contribution is 7.89. The van der Waals surface area contributed by atoms with Crippen LogP contribution in [0.3, 0.4) is 0 Å². The van der Waals surface area contributed by atoms with Crippen LogP contribution in [0.5, 0.6) is 11.5 Å². The van der Waals surface area contributed by atoms with Crippen molar-refractivity contribution in [3.8, 4) is 11.5 Å². The van der Waals surface area contributed by atoms with E-state index in [1.165, 1.54) is 32.3 Å². The fraction of sp³-hybridized carbons (Fsp3) is 0.286. The fourth-order valence-corrected chi connectivity index (χ4v) is 3.73. The van der Waals surface area contributed by atoms with E-state index in [-0.39, 0.29) is 23.6 Å². The van der Waals surface area contributed by atoms with Crippen LogP contribution >= 0.6 is 0 Å². The van der Waals surface area contributed by atoms with E-state index in [9.17, 15) is 22.8 Å². The van der Waals surface area contributed by atoms with Crippen LogP contribution in [0.4, 0.5) is 4.79 Å². The molecule has 0 radical (unpaired) electrons. The predicted octanol–water partition coefficient (Wildman–Crippen LogP) is 0.760. The van der Waals surface area contributed by atoms with Gasteiger partial charge in [0.1, 0.15) is 6.61 Å². The molecule has 1 aliphatic rings. The average Bonchev–Trinajstić information content (AvgIpc) is 2.81. The number of carbonyl (C=O) groups excluding carboxylic acids is 3. The summed E-state index contributed by atoms with van der Waals surface area (Å²) >= 11 is 0. The Morgan fingerprint density at radius 1 is 1.09 bits per heavy atom. The highest BCUT2D eigenvalue weighted by Gasteiger charge is 2.22. The van der Waals surface area contributed by atoms with Crippen LogP contribution in [0.15, 0.2) is 53.4 Å². The summed E-state index contributed by atoms with van der Waals surface area (Å²) in [4.78, 5) is 35.9. The van der Waals surface area contributed by atoms with E-state index in [1.807, 2.05) is 11.4 Å². The van der Waals surface area contributed by atoms with Gasteiger partial charge in [-0.3, -0.25) is 10.1 Å². The second kappa shape index (κ2) is 10.3. The molecule has 11 nitrogen and oxygen atoms in total. The maximum absolute atomic E-state index is 12.2. The molecule has 3 amide bonds. The molecule has 3 rings (SSSR count). The molecule has 1 aliphatic heterocycles. The molecular weight excluding hydrogens is 454 g/mol. The van der Waals surface area contributed by atoms with Gasteiger partial charge in [-0.2, -0.15) is 0 Å². The number of fused-ring (bicyclic) bond motifs is 1. The first-order valence-corrected chi connectivity index (χ1v) is 11.3. The molecule has 0 aliphatic carbocycles. The van der Waals surface area contributed by atoms with Crippen LogP contribution in [0, 0.1) is 0 Å². The van der Waals surface area contributed by atoms with E-state index in [0.29, 0.717) is 11.5 Å². The Bertz CT molecular complexity index is 1150. The number of amides is 3. The Morgan fingerprint density at radius 2 is 1.82 bits per heavy atom. The Labute approximate surface area is 190 Å². The second-order valence-corrected chi connectivity index (χ2v) is 9.30. The summed E-state index contributed by atoms with van der Waals surface area (Å²) in [6, 6.07) is 11.5. The number of nitrogens with zero attached hydrogens (tertiary/aromatic N) is 1. The van der Waals surface area contributed by atoms with Crippen LogP contribution in [-0.4, -0.2) is 70.6 Å². The third kappa shape index (κ3) is 6.20. The van der Waals surface area contributed by atoms with Crippen molar-refractivity contribution in [2.24, 2.45) is 0 Å². The molecule has 0 saturated heterocycles. The smallest absolute Gasteiger partial charge is 0.338 e. The van der Waals surface area contributed by atoms with Gasteiger partial charge in [0, 0.05) is 14.1 Å². The lowest BCUT2D eigenvalue weighted by molar-refractivity contribution is -0.123. The Balaban J connectivity index is 1.44. The van der Waals surface area contributed by atoms with Gasteiger partial charge in [-0.1, -0.05) is 18.2 Å². The van der Waals surface area contributed by atoms with Gasteiger partial charge in [-0.05, 0) is 30.3 Å². The van der Waals surface area contributed by atoms with E-state index in [0.717, 1.165) is 10.4 Å². The molecule has 0 spiro atoms. The van der Waals surface area contributed by atoms with E-state index < -0.39 is 40.6 Å². The van der Waals surface area contributed by atoms with Crippen molar-refractivity contribution in [3.05, 3.63) is 54.1 Å². The second-order valence-electron chi connectivity index (χ2n) is 7.15. The lowest BCUT2D eigenvalue weighted by Crippen LogP contribution is -2.46. The SMILES string of the molecule is CN(C)S(=O)(=O)c1cccc(C(=O)OCC(=O)NC(=O)NCC2COc3ccccc3O2)c1. The molecular formula is C21H23N3O8S. The molecule has 0 aromatic heterocycles. The first-order valence-electron chi connectivity index (χ1n) is 9.82. The number of imide groups is 1. The molecule has 2 N–H and O–H groups in total. The van der Waals surface area contributed by atoms with E-state index in [4.69, 9.17) is 14.2 Å². The van der Waals surface area contributed by atoms with Crippen LogP contribution in [0.2, 0.25) is 0 Å². The summed E-state index contributed by atoms with van der Waals surface area (Å²) in [5, 5.41) is 4.51. The number of para-hydroxylation sites is 2.